The number of amides is 3. The number of nitrogens with one attached hydrogen (secondary N) is 2. The molecule has 0 aliphatic carbocycles. The Morgan fingerprint density at radius 2 is 1.52 bits per heavy atom. The highest BCUT2D eigenvalue weighted by Gasteiger charge is 2.26. The number of rotatable bonds is 13. The van der Waals surface area contributed by atoms with E-state index in [0.29, 0.717) is 11.1 Å². The number of anilines is 1. The zero-order valence-electron chi connectivity index (χ0n) is 27.3. The van der Waals surface area contributed by atoms with Crippen LogP contribution in [0.25, 0.3) is 0 Å². The molecule has 3 atom stereocenters. The highest BCUT2D eigenvalue weighted by molar-refractivity contribution is 7.92. The van der Waals surface area contributed by atoms with Gasteiger partial charge in [-0.05, 0) is 54.8 Å². The summed E-state index contributed by atoms with van der Waals surface area (Å²) in [6.07, 6.45) is 2.96. The predicted octanol–water partition coefficient (Wildman–Crippen LogP) is 3.01. The molecule has 0 unspecified atom stereocenters. The van der Waals surface area contributed by atoms with Crippen molar-refractivity contribution in [2.75, 3.05) is 31.7 Å². The average molecular weight is 679 g/mol. The Bertz CT molecular complexity index is 1860. The first-order valence-corrected chi connectivity index (χ1v) is 16.9. The lowest BCUT2D eigenvalue weighted by molar-refractivity contribution is 0.0780. The zero-order chi connectivity index (χ0) is 35.2. The lowest BCUT2D eigenvalue weighted by Gasteiger charge is -2.25. The van der Waals surface area contributed by atoms with E-state index in [-0.39, 0.29) is 35.7 Å². The van der Waals surface area contributed by atoms with Crippen molar-refractivity contribution in [1.29, 1.82) is 0 Å². The number of hydrogen-bond donors (Lipinski definition) is 3. The van der Waals surface area contributed by atoms with Gasteiger partial charge in [-0.25, -0.2) is 12.8 Å². The molecule has 4 rings (SSSR count). The van der Waals surface area contributed by atoms with Gasteiger partial charge in [0.25, 0.3) is 17.7 Å². The molecule has 0 saturated heterocycles. The second-order valence-corrected chi connectivity index (χ2v) is 13.7. The molecule has 1 aromatic heterocycles. The molecule has 0 spiro atoms. The molecule has 0 radical (unpaired) electrons. The van der Waals surface area contributed by atoms with Gasteiger partial charge in [-0.15, -0.1) is 0 Å². The smallest absolute Gasteiger partial charge is 0.256 e. The Labute approximate surface area is 279 Å². The predicted molar refractivity (Wildman–Crippen MR) is 180 cm³/mol. The third-order valence-electron chi connectivity index (χ3n) is 7.76. The average Bonchev–Trinajstić information content (AvgIpc) is 3.51. The first kappa shape index (κ1) is 35.8. The maximum absolute atomic E-state index is 13.8. The molecule has 0 bridgehead atoms. The highest BCUT2D eigenvalue weighted by Crippen LogP contribution is 2.23. The highest BCUT2D eigenvalue weighted by atomic mass is 32.2. The van der Waals surface area contributed by atoms with Gasteiger partial charge in [0.15, 0.2) is 0 Å². The van der Waals surface area contributed by atoms with Gasteiger partial charge < -0.3 is 20.6 Å². The number of sulfonamides is 1. The molecule has 0 fully saturated rings. The Kier molecular flexibility index (Phi) is 11.3. The number of carbonyl (C=O) groups is 3. The van der Waals surface area contributed by atoms with Crippen molar-refractivity contribution in [2.24, 2.45) is 0 Å². The summed E-state index contributed by atoms with van der Waals surface area (Å²) < 4.78 is 40.7. The summed E-state index contributed by atoms with van der Waals surface area (Å²) in [6, 6.07) is 17.5. The van der Waals surface area contributed by atoms with Crippen molar-refractivity contribution >= 4 is 33.4 Å². The van der Waals surface area contributed by atoms with Crippen LogP contribution < -0.4 is 14.9 Å². The molecular formula is C34H39FN6O6S. The third kappa shape index (κ3) is 9.26. The van der Waals surface area contributed by atoms with E-state index in [1.54, 1.807) is 21.0 Å². The van der Waals surface area contributed by atoms with Crippen LogP contribution in [0.15, 0.2) is 85.2 Å². The van der Waals surface area contributed by atoms with Gasteiger partial charge in [-0.2, -0.15) is 5.10 Å². The van der Waals surface area contributed by atoms with E-state index in [0.717, 1.165) is 16.1 Å². The fourth-order valence-corrected chi connectivity index (χ4v) is 5.40. The number of hydrogen-bond acceptors (Lipinski definition) is 7. The van der Waals surface area contributed by atoms with Gasteiger partial charge in [0.05, 0.1) is 48.4 Å². The molecule has 0 aliphatic heterocycles. The normalized spacial score (nSPS) is 13.2. The topological polar surface area (TPSA) is 154 Å². The van der Waals surface area contributed by atoms with Crippen LogP contribution >= 0.6 is 0 Å². The summed E-state index contributed by atoms with van der Waals surface area (Å²) in [5, 5.41) is 21.2. The van der Waals surface area contributed by atoms with Crippen molar-refractivity contribution in [2.45, 2.75) is 38.1 Å². The van der Waals surface area contributed by atoms with E-state index >= 15 is 0 Å². The van der Waals surface area contributed by atoms with Crippen LogP contribution in [0.5, 0.6) is 0 Å². The van der Waals surface area contributed by atoms with Crippen LogP contribution in [0, 0.1) is 5.82 Å². The summed E-state index contributed by atoms with van der Waals surface area (Å²) in [7, 11) is 0.757. The van der Waals surface area contributed by atoms with E-state index in [1.165, 1.54) is 71.5 Å². The molecule has 3 N–H and O–H groups in total. The van der Waals surface area contributed by atoms with Crippen molar-refractivity contribution in [3.63, 3.8) is 0 Å². The zero-order valence-corrected chi connectivity index (χ0v) is 28.1. The number of halogens is 1. The monoisotopic (exact) mass is 678 g/mol. The van der Waals surface area contributed by atoms with Gasteiger partial charge in [-0.3, -0.25) is 23.4 Å². The Morgan fingerprint density at radius 3 is 2.10 bits per heavy atom. The molecule has 0 aliphatic rings. The largest absolute Gasteiger partial charge is 0.389 e. The fraction of sp³-hybridized carbons (Fsp3) is 0.294. The Balaban J connectivity index is 1.63. The van der Waals surface area contributed by atoms with Crippen LogP contribution in [-0.4, -0.2) is 85.5 Å². The van der Waals surface area contributed by atoms with Crippen LogP contribution in [-0.2, 0) is 23.0 Å². The summed E-state index contributed by atoms with van der Waals surface area (Å²) >= 11 is 0. The van der Waals surface area contributed by atoms with Gasteiger partial charge in [0.1, 0.15) is 5.82 Å². The number of nitrogens with zero attached hydrogens (tertiary/aromatic N) is 4. The number of aliphatic hydroxyl groups is 1. The van der Waals surface area contributed by atoms with E-state index in [2.05, 4.69) is 15.7 Å². The van der Waals surface area contributed by atoms with Gasteiger partial charge in [-0.1, -0.05) is 42.5 Å². The van der Waals surface area contributed by atoms with Gasteiger partial charge in [0.2, 0.25) is 10.0 Å². The molecule has 3 amide bonds. The maximum atomic E-state index is 13.8. The molecular weight excluding hydrogens is 639 g/mol. The van der Waals surface area contributed by atoms with Crippen LogP contribution in [0.4, 0.5) is 10.1 Å². The SMILES string of the molecule is C[C@@H](NC(=O)c1cc(C(=O)N[C@@H](Cc2ccccc2)[C@@H](O)Cn2cc(C(=O)N(C)C)cn2)cc(N(C)S(C)(=O)=O)c1)c1ccc(F)cc1. The molecule has 0 saturated carbocycles. The molecule has 254 valence electrons. The summed E-state index contributed by atoms with van der Waals surface area (Å²) in [6.45, 7) is 1.66. The van der Waals surface area contributed by atoms with Crippen LogP contribution in [0.3, 0.4) is 0 Å². The fourth-order valence-electron chi connectivity index (χ4n) is 4.92. The molecule has 48 heavy (non-hydrogen) atoms. The number of aromatic nitrogens is 2. The van der Waals surface area contributed by atoms with Crippen LogP contribution in [0.2, 0.25) is 0 Å². The Morgan fingerprint density at radius 1 is 0.917 bits per heavy atom. The van der Waals surface area contributed by atoms with E-state index in [9.17, 15) is 32.3 Å². The minimum Gasteiger partial charge on any atom is -0.389 e. The third-order valence-corrected chi connectivity index (χ3v) is 8.97. The first-order valence-electron chi connectivity index (χ1n) is 15.0. The number of benzene rings is 3. The molecule has 4 aromatic rings. The number of carbonyl (C=O) groups excluding carboxylic acids is 3. The summed E-state index contributed by atoms with van der Waals surface area (Å²) in [5.74, 6) is -1.93. The van der Waals surface area contributed by atoms with Crippen molar-refractivity contribution in [1.82, 2.24) is 25.3 Å². The first-order chi connectivity index (χ1) is 22.6. The molecule has 3 aromatic carbocycles. The maximum Gasteiger partial charge on any atom is 0.256 e. The van der Waals surface area contributed by atoms with E-state index in [4.69, 9.17) is 0 Å². The van der Waals surface area contributed by atoms with Crippen molar-refractivity contribution < 1.29 is 32.3 Å². The summed E-state index contributed by atoms with van der Waals surface area (Å²) in [5.41, 5.74) is 1.86. The Hall–Kier alpha value is -5.08. The minimum absolute atomic E-state index is 0.0110. The standard InChI is InChI=1S/C34H39FN6O6S/c1-22(24-11-13-28(35)14-12-24)37-32(43)25-16-26(18-29(17-25)40(4)48(5,46)47)33(44)38-30(15-23-9-7-6-8-10-23)31(42)21-41-20-27(19-36-41)34(45)39(2)3/h6-14,16-20,22,30-31,42H,15,21H2,1-5H3,(H,37,43)(H,38,44)/t22-,30+,31+/m1/s1. The molecule has 1 heterocycles. The second-order valence-electron chi connectivity index (χ2n) is 11.7. The number of aliphatic hydroxyl groups excluding tert-OH is 1. The lowest BCUT2D eigenvalue weighted by atomic mass is 10.00. The molecule has 14 heteroatoms. The van der Waals surface area contributed by atoms with E-state index < -0.39 is 45.8 Å². The van der Waals surface area contributed by atoms with Gasteiger partial charge >= 0.3 is 0 Å². The quantitative estimate of drug-likeness (QED) is 0.197. The minimum atomic E-state index is -3.77. The lowest BCUT2D eigenvalue weighted by Crippen LogP contribution is -2.46. The van der Waals surface area contributed by atoms with Crippen LogP contribution in [0.1, 0.15) is 55.2 Å². The summed E-state index contributed by atoms with van der Waals surface area (Å²) in [4.78, 5) is 41.0. The van der Waals surface area contributed by atoms with E-state index in [1.807, 2.05) is 30.3 Å². The van der Waals surface area contributed by atoms with Crippen molar-refractivity contribution in [3.05, 3.63) is 119 Å². The molecule has 12 nitrogen and oxygen atoms in total. The second kappa shape index (κ2) is 15.2. The van der Waals surface area contributed by atoms with Crippen molar-refractivity contribution in [3.8, 4) is 0 Å². The van der Waals surface area contributed by atoms with Gasteiger partial charge in [0, 0.05) is 38.5 Å².